The maximum Gasteiger partial charge on any atom is 0.294 e. The average Bonchev–Trinajstić information content (AvgIpc) is 3.38. The van der Waals surface area contributed by atoms with Crippen molar-refractivity contribution < 1.29 is 19.1 Å². The summed E-state index contributed by atoms with van der Waals surface area (Å²) in [6, 6.07) is 3.78. The quantitative estimate of drug-likeness (QED) is 0.673. The van der Waals surface area contributed by atoms with Crippen LogP contribution in [0.25, 0.3) is 6.08 Å². The number of carbonyl (C=O) groups excluding carboxylic acids is 3. The van der Waals surface area contributed by atoms with Crippen molar-refractivity contribution in [3.05, 3.63) is 27.3 Å². The summed E-state index contributed by atoms with van der Waals surface area (Å²) in [6.07, 6.45) is 7.36. The van der Waals surface area contributed by atoms with Crippen LogP contribution in [-0.2, 0) is 14.3 Å². The third-order valence-corrected chi connectivity index (χ3v) is 7.80. The molecule has 0 radical (unpaired) electrons. The van der Waals surface area contributed by atoms with E-state index < -0.39 is 11.1 Å². The van der Waals surface area contributed by atoms with Gasteiger partial charge in [0.15, 0.2) is 0 Å². The number of carbonyl (C=O) groups is 3. The average molecular weight is 450 g/mol. The van der Waals surface area contributed by atoms with Crippen molar-refractivity contribution in [2.75, 3.05) is 39.4 Å². The second-order valence-corrected chi connectivity index (χ2v) is 9.92. The summed E-state index contributed by atoms with van der Waals surface area (Å²) in [5.74, 6) is -0.679. The second-order valence-electron chi connectivity index (χ2n) is 7.94. The fourth-order valence-electron chi connectivity index (χ4n) is 4.45. The largest absolute Gasteiger partial charge is 0.379 e. The van der Waals surface area contributed by atoms with Gasteiger partial charge in [-0.15, -0.1) is 11.3 Å². The van der Waals surface area contributed by atoms with E-state index in [2.05, 4.69) is 10.2 Å². The van der Waals surface area contributed by atoms with E-state index in [4.69, 9.17) is 4.74 Å². The summed E-state index contributed by atoms with van der Waals surface area (Å²) in [5.41, 5.74) is -0.0459. The highest BCUT2D eigenvalue weighted by atomic mass is 32.2. The van der Waals surface area contributed by atoms with Crippen molar-refractivity contribution in [2.24, 2.45) is 0 Å². The number of nitrogens with one attached hydrogen (secondary N) is 1. The molecule has 3 fully saturated rings. The number of amides is 3. The van der Waals surface area contributed by atoms with Crippen molar-refractivity contribution >= 4 is 46.2 Å². The highest BCUT2D eigenvalue weighted by molar-refractivity contribution is 8.18. The summed E-state index contributed by atoms with van der Waals surface area (Å²) in [6.45, 7) is 3.53. The van der Waals surface area contributed by atoms with Crippen LogP contribution >= 0.6 is 23.1 Å². The molecule has 1 aliphatic carbocycles. The maximum atomic E-state index is 12.7. The predicted octanol–water partition coefficient (Wildman–Crippen LogP) is 2.94. The number of thioether (sulfide) groups is 1. The molecular weight excluding hydrogens is 422 g/mol. The molecule has 0 bridgehead atoms. The lowest BCUT2D eigenvalue weighted by molar-refractivity contribution is -0.130. The third kappa shape index (κ3) is 4.80. The fourth-order valence-corrected chi connectivity index (χ4v) is 6.01. The Balaban J connectivity index is 1.36. The van der Waals surface area contributed by atoms with Gasteiger partial charge in [0.2, 0.25) is 5.91 Å². The Labute approximate surface area is 184 Å². The number of imide groups is 1. The Kier molecular flexibility index (Phi) is 6.92. The van der Waals surface area contributed by atoms with Gasteiger partial charge in [0.05, 0.1) is 18.1 Å². The standard InChI is InChI=1S/C21H27N3O4S2/c25-18(14-24-19(26)17(30-20(24)27)13-16-5-4-12-29-16)22-15-21(6-2-1-3-7-21)23-8-10-28-11-9-23/h4-5,12-13H,1-3,6-11,14-15H2,(H,22,25)/b17-13-. The van der Waals surface area contributed by atoms with Gasteiger partial charge in [0.25, 0.3) is 11.1 Å². The molecule has 0 aromatic carbocycles. The molecule has 9 heteroatoms. The van der Waals surface area contributed by atoms with E-state index in [-0.39, 0.29) is 18.0 Å². The number of morpholine rings is 1. The molecule has 0 unspecified atom stereocenters. The lowest BCUT2D eigenvalue weighted by Crippen LogP contribution is -2.60. The number of rotatable bonds is 6. The highest BCUT2D eigenvalue weighted by Crippen LogP contribution is 2.34. The van der Waals surface area contributed by atoms with Gasteiger partial charge < -0.3 is 10.1 Å². The van der Waals surface area contributed by atoms with E-state index in [0.717, 1.165) is 73.5 Å². The molecule has 1 aromatic heterocycles. The van der Waals surface area contributed by atoms with Crippen LogP contribution in [0.1, 0.15) is 37.0 Å². The Morgan fingerprint density at radius 2 is 1.97 bits per heavy atom. The molecule has 3 heterocycles. The Hall–Kier alpha value is -1.68. The molecule has 0 spiro atoms. The number of hydrogen-bond acceptors (Lipinski definition) is 7. The molecule has 0 atom stereocenters. The van der Waals surface area contributed by atoms with Crippen LogP contribution in [0.3, 0.4) is 0 Å². The van der Waals surface area contributed by atoms with E-state index in [0.29, 0.717) is 11.4 Å². The first-order valence-electron chi connectivity index (χ1n) is 10.5. The zero-order chi connectivity index (χ0) is 21.0. The van der Waals surface area contributed by atoms with E-state index in [1.54, 1.807) is 6.08 Å². The number of nitrogens with zero attached hydrogens (tertiary/aromatic N) is 2. The van der Waals surface area contributed by atoms with Gasteiger partial charge in [-0.2, -0.15) is 0 Å². The lowest BCUT2D eigenvalue weighted by atomic mass is 9.79. The summed E-state index contributed by atoms with van der Waals surface area (Å²) in [5, 5.41) is 4.55. The van der Waals surface area contributed by atoms with Crippen molar-refractivity contribution in [1.29, 1.82) is 0 Å². The first-order valence-corrected chi connectivity index (χ1v) is 12.2. The molecule has 2 saturated heterocycles. The monoisotopic (exact) mass is 449 g/mol. The SMILES string of the molecule is O=C(CN1C(=O)S/C(=C\c2cccs2)C1=O)NCC1(N2CCOCC2)CCCCC1. The van der Waals surface area contributed by atoms with E-state index in [1.165, 1.54) is 17.8 Å². The Morgan fingerprint density at radius 1 is 1.20 bits per heavy atom. The van der Waals surface area contributed by atoms with Gasteiger partial charge in [-0.3, -0.25) is 24.2 Å². The van der Waals surface area contributed by atoms with E-state index in [1.807, 2.05) is 17.5 Å². The molecule has 1 saturated carbocycles. The first kappa shape index (κ1) is 21.5. The van der Waals surface area contributed by atoms with Crippen LogP contribution in [0.4, 0.5) is 4.79 Å². The minimum absolute atomic E-state index is 0.0459. The van der Waals surface area contributed by atoms with Crippen molar-refractivity contribution in [3.8, 4) is 0 Å². The van der Waals surface area contributed by atoms with Crippen LogP contribution in [-0.4, -0.2) is 71.8 Å². The lowest BCUT2D eigenvalue weighted by Gasteiger charge is -2.48. The molecule has 30 heavy (non-hydrogen) atoms. The molecule has 4 rings (SSSR count). The van der Waals surface area contributed by atoms with Gasteiger partial charge >= 0.3 is 0 Å². The van der Waals surface area contributed by atoms with Crippen LogP contribution in [0.5, 0.6) is 0 Å². The van der Waals surface area contributed by atoms with E-state index in [9.17, 15) is 14.4 Å². The normalized spacial score (nSPS) is 23.9. The van der Waals surface area contributed by atoms with Gasteiger partial charge in [-0.05, 0) is 42.1 Å². The molecule has 162 valence electrons. The summed E-state index contributed by atoms with van der Waals surface area (Å²) >= 11 is 2.39. The predicted molar refractivity (Wildman–Crippen MR) is 118 cm³/mol. The van der Waals surface area contributed by atoms with Gasteiger partial charge in [-0.1, -0.05) is 25.3 Å². The number of hydrogen-bond donors (Lipinski definition) is 1. The van der Waals surface area contributed by atoms with Crippen LogP contribution in [0.2, 0.25) is 0 Å². The van der Waals surface area contributed by atoms with Crippen LogP contribution in [0.15, 0.2) is 22.4 Å². The highest BCUT2D eigenvalue weighted by Gasteiger charge is 2.40. The smallest absolute Gasteiger partial charge is 0.294 e. The summed E-state index contributed by atoms with van der Waals surface area (Å²) in [4.78, 5) is 42.4. The molecule has 1 aromatic rings. The molecule has 1 N–H and O–H groups in total. The number of thiophene rings is 1. The van der Waals surface area contributed by atoms with Crippen LogP contribution in [0, 0.1) is 0 Å². The fraction of sp³-hybridized carbons (Fsp3) is 0.571. The second kappa shape index (κ2) is 9.64. The summed E-state index contributed by atoms with van der Waals surface area (Å²) in [7, 11) is 0. The van der Waals surface area contributed by atoms with Crippen molar-refractivity contribution in [3.63, 3.8) is 0 Å². The minimum atomic E-state index is -0.394. The molecular formula is C21H27N3O4S2. The topological polar surface area (TPSA) is 79.0 Å². The van der Waals surface area contributed by atoms with Gasteiger partial charge in [0.1, 0.15) is 6.54 Å². The van der Waals surface area contributed by atoms with Crippen LogP contribution < -0.4 is 5.32 Å². The first-order chi connectivity index (χ1) is 14.6. The third-order valence-electron chi connectivity index (χ3n) is 6.07. The maximum absolute atomic E-state index is 12.7. The van der Waals surface area contributed by atoms with Crippen molar-refractivity contribution in [2.45, 2.75) is 37.6 Å². The molecule has 3 aliphatic rings. The molecule has 2 aliphatic heterocycles. The van der Waals surface area contributed by atoms with Gasteiger partial charge in [-0.25, -0.2) is 0 Å². The molecule has 3 amide bonds. The van der Waals surface area contributed by atoms with E-state index >= 15 is 0 Å². The molecule has 7 nitrogen and oxygen atoms in total. The Bertz CT molecular complexity index is 812. The zero-order valence-corrected chi connectivity index (χ0v) is 18.6. The van der Waals surface area contributed by atoms with Crippen molar-refractivity contribution in [1.82, 2.24) is 15.1 Å². The minimum Gasteiger partial charge on any atom is -0.379 e. The summed E-state index contributed by atoms with van der Waals surface area (Å²) < 4.78 is 5.50. The Morgan fingerprint density at radius 3 is 2.67 bits per heavy atom. The van der Waals surface area contributed by atoms with Gasteiger partial charge in [0, 0.05) is 30.1 Å². The number of ether oxygens (including phenoxy) is 1. The zero-order valence-electron chi connectivity index (χ0n) is 16.9.